The molecular formula is C18H38CsNS2-2. The van der Waals surface area contributed by atoms with Gasteiger partial charge in [-0.3, -0.25) is 0 Å². The van der Waals surface area contributed by atoms with Crippen LogP contribution < -0.4 is 68.9 Å². The largest absolute Gasteiger partial charge is 1.00 e. The average molecular weight is 466 g/mol. The van der Waals surface area contributed by atoms with Crippen LogP contribution in [0, 0.1) is 18.8 Å². The molecule has 1 rings (SSSR count). The maximum atomic E-state index is 5.42. The van der Waals surface area contributed by atoms with Crippen molar-refractivity contribution in [2.45, 2.75) is 51.7 Å². The molecule has 0 saturated heterocycles. The monoisotopic (exact) mass is 465 g/mol. The van der Waals surface area contributed by atoms with Crippen molar-refractivity contribution in [3.05, 3.63) is 51.5 Å². The van der Waals surface area contributed by atoms with E-state index in [1.54, 1.807) is 12.3 Å². The van der Waals surface area contributed by atoms with Crippen molar-refractivity contribution >= 4 is 25.3 Å². The fourth-order valence-electron chi connectivity index (χ4n) is 1.62. The van der Waals surface area contributed by atoms with E-state index in [0.29, 0.717) is 11.8 Å². The van der Waals surface area contributed by atoms with Gasteiger partial charge in [-0.15, -0.1) is 26.3 Å². The first kappa shape index (κ1) is 39.1. The fourth-order valence-corrected chi connectivity index (χ4v) is 1.84. The smallest absolute Gasteiger partial charge is 0.788 e. The molecule has 0 radical (unpaired) electrons. The molecule has 0 spiro atoms. The summed E-state index contributed by atoms with van der Waals surface area (Å²) in [4.78, 5) is 0. The van der Waals surface area contributed by atoms with E-state index in [1.807, 2.05) is 26.8 Å². The Morgan fingerprint density at radius 1 is 1.23 bits per heavy atom. The minimum absolute atomic E-state index is 0. The average Bonchev–Trinajstić information content (AvgIpc) is 2.49. The Morgan fingerprint density at radius 2 is 1.55 bits per heavy atom. The second kappa shape index (κ2) is 30.8. The van der Waals surface area contributed by atoms with Gasteiger partial charge in [0.05, 0.1) is 0 Å². The van der Waals surface area contributed by atoms with E-state index in [4.69, 9.17) is 12.6 Å². The first-order valence-corrected chi connectivity index (χ1v) is 8.46. The third-order valence-corrected chi connectivity index (χ3v) is 3.33. The molecule has 1 nitrogen and oxygen atoms in total. The first-order chi connectivity index (χ1) is 9.47. The van der Waals surface area contributed by atoms with Gasteiger partial charge >= 0.3 is 68.9 Å². The summed E-state index contributed by atoms with van der Waals surface area (Å²) in [6.45, 7) is 25.3. The third kappa shape index (κ3) is 24.2. The summed E-state index contributed by atoms with van der Waals surface area (Å²) in [7, 11) is 0. The number of hydrogen-bond acceptors (Lipinski definition) is 2. The number of nitrogens with two attached hydrogens (primary N) is 1. The van der Waals surface area contributed by atoms with Gasteiger partial charge in [0.2, 0.25) is 0 Å². The van der Waals surface area contributed by atoms with Crippen molar-refractivity contribution in [3.8, 4) is 0 Å². The second-order valence-electron chi connectivity index (χ2n) is 4.19. The summed E-state index contributed by atoms with van der Waals surface area (Å²) in [5.74, 6) is 1.09. The Hall–Kier alpha value is 1.93. The SMILES string of the molecule is C=C.C=CC.C=CC1CCC(C)([S-])C([CH2-])C1.CC.CS.[Cs+].[NH2-]. The van der Waals surface area contributed by atoms with Gasteiger partial charge in [-0.05, 0) is 25.5 Å². The zero-order valence-corrected chi connectivity index (χ0v) is 23.9. The van der Waals surface area contributed by atoms with E-state index in [1.165, 1.54) is 6.42 Å². The fraction of sp³-hybridized carbons (Fsp3) is 0.611. The van der Waals surface area contributed by atoms with E-state index in [9.17, 15) is 0 Å². The van der Waals surface area contributed by atoms with Gasteiger partial charge in [-0.25, -0.2) is 0 Å². The molecule has 3 atom stereocenters. The number of allylic oxidation sites excluding steroid dienone is 2. The summed E-state index contributed by atoms with van der Waals surface area (Å²) in [6.07, 6.45) is 8.94. The zero-order valence-electron chi connectivity index (χ0n) is 15.9. The first-order valence-electron chi connectivity index (χ1n) is 7.15. The molecule has 3 unspecified atom stereocenters. The van der Waals surface area contributed by atoms with Crippen LogP contribution in [0.15, 0.2) is 38.5 Å². The molecule has 130 valence electrons. The quantitative estimate of drug-likeness (QED) is 0.270. The van der Waals surface area contributed by atoms with Gasteiger partial charge < -0.3 is 25.7 Å². The Balaban J connectivity index is -0.0000000502. The summed E-state index contributed by atoms with van der Waals surface area (Å²) in [6, 6.07) is 0. The molecular weight excluding hydrogens is 427 g/mol. The van der Waals surface area contributed by atoms with Crippen molar-refractivity contribution in [2.24, 2.45) is 11.8 Å². The second-order valence-corrected chi connectivity index (χ2v) is 5.12. The van der Waals surface area contributed by atoms with Crippen LogP contribution in [0.2, 0.25) is 0 Å². The minimum Gasteiger partial charge on any atom is -0.788 e. The van der Waals surface area contributed by atoms with Crippen molar-refractivity contribution < 1.29 is 68.9 Å². The normalized spacial score (nSPS) is 24.0. The van der Waals surface area contributed by atoms with Crippen LogP contribution in [-0.4, -0.2) is 11.0 Å². The van der Waals surface area contributed by atoms with Crippen LogP contribution in [0.5, 0.6) is 0 Å². The molecule has 0 amide bonds. The van der Waals surface area contributed by atoms with Crippen molar-refractivity contribution in [2.75, 3.05) is 6.26 Å². The maximum absolute atomic E-state index is 5.42. The molecule has 1 saturated carbocycles. The van der Waals surface area contributed by atoms with Crippen LogP contribution in [0.3, 0.4) is 0 Å². The molecule has 1 aliphatic rings. The van der Waals surface area contributed by atoms with Crippen molar-refractivity contribution in [1.82, 2.24) is 0 Å². The molecule has 0 aromatic carbocycles. The zero-order chi connectivity index (χ0) is 17.2. The molecule has 22 heavy (non-hydrogen) atoms. The van der Waals surface area contributed by atoms with Gasteiger partial charge in [0, 0.05) is 0 Å². The Morgan fingerprint density at radius 3 is 1.77 bits per heavy atom. The molecule has 0 bridgehead atoms. The van der Waals surface area contributed by atoms with Gasteiger partial charge in [-0.1, -0.05) is 45.8 Å². The predicted octanol–water partition coefficient (Wildman–Crippen LogP) is 4.02. The number of thiol groups is 1. The molecule has 0 aromatic rings. The van der Waals surface area contributed by atoms with E-state index in [0.717, 1.165) is 12.8 Å². The van der Waals surface area contributed by atoms with E-state index < -0.39 is 0 Å². The van der Waals surface area contributed by atoms with Crippen molar-refractivity contribution in [1.29, 1.82) is 0 Å². The van der Waals surface area contributed by atoms with E-state index in [2.05, 4.69) is 52.8 Å². The number of hydrogen-bond donors (Lipinski definition) is 1. The number of rotatable bonds is 1. The summed E-state index contributed by atoms with van der Waals surface area (Å²) in [5.41, 5.74) is 0. The molecule has 1 fully saturated rings. The topological polar surface area (TPSA) is 33.5 Å². The van der Waals surface area contributed by atoms with Crippen LogP contribution in [0.4, 0.5) is 0 Å². The molecule has 0 heterocycles. The standard InChI is InChI=1S/C10H17S.C3H6.C2H6.C2H4.CH4S.Cs.H2N/c1-4-9-5-6-10(3,11)8(2)7-9;1-3-2;3*1-2;;/h4,8-9,11H,1-2,5-7H2,3H3;3H,1H2,2H3;1-2H3;1-2H2;2H,1H3;;1H2/q-1;;;;;+1;-1/p-1. The Labute approximate surface area is 212 Å². The van der Waals surface area contributed by atoms with Crippen molar-refractivity contribution in [3.63, 3.8) is 0 Å². The van der Waals surface area contributed by atoms with Crippen LogP contribution >= 0.6 is 12.6 Å². The predicted molar refractivity (Wildman–Crippen MR) is 111 cm³/mol. The molecule has 2 N–H and O–H groups in total. The van der Waals surface area contributed by atoms with Crippen LogP contribution in [0.1, 0.15) is 47.0 Å². The summed E-state index contributed by atoms with van der Waals surface area (Å²) >= 11 is 8.95. The van der Waals surface area contributed by atoms with Crippen LogP contribution in [0.25, 0.3) is 6.15 Å². The van der Waals surface area contributed by atoms with Gasteiger partial charge in [0.1, 0.15) is 0 Å². The van der Waals surface area contributed by atoms with Crippen LogP contribution in [-0.2, 0) is 12.6 Å². The Bertz CT molecular complexity index is 209. The molecule has 0 aromatic heterocycles. The Kier molecular flexibility index (Phi) is 54.8. The van der Waals surface area contributed by atoms with Gasteiger partial charge in [0.15, 0.2) is 0 Å². The molecule has 1 aliphatic carbocycles. The molecule has 4 heteroatoms. The summed E-state index contributed by atoms with van der Waals surface area (Å²) in [5, 5.41) is 0. The van der Waals surface area contributed by atoms with E-state index in [-0.39, 0.29) is 79.8 Å². The van der Waals surface area contributed by atoms with Gasteiger partial charge in [-0.2, -0.15) is 23.3 Å². The third-order valence-electron chi connectivity index (χ3n) is 2.80. The maximum Gasteiger partial charge on any atom is 1.00 e. The van der Waals surface area contributed by atoms with E-state index >= 15 is 0 Å². The molecule has 0 aliphatic heterocycles. The van der Waals surface area contributed by atoms with Gasteiger partial charge in [0.25, 0.3) is 0 Å². The summed E-state index contributed by atoms with van der Waals surface area (Å²) < 4.78 is 0.0412. The minimum atomic E-state index is 0.